The summed E-state index contributed by atoms with van der Waals surface area (Å²) in [6.07, 6.45) is 0.994. The van der Waals surface area contributed by atoms with Crippen molar-refractivity contribution in [2.24, 2.45) is 0 Å². The van der Waals surface area contributed by atoms with Crippen LogP contribution in [0.1, 0.15) is 24.0 Å². The molecule has 0 radical (unpaired) electrons. The van der Waals surface area contributed by atoms with E-state index in [9.17, 15) is 9.59 Å². The fraction of sp³-hybridized carbons (Fsp3) is 0.333. The van der Waals surface area contributed by atoms with Crippen LogP contribution in [0.3, 0.4) is 0 Å². The van der Waals surface area contributed by atoms with Crippen LogP contribution in [0, 0.1) is 0 Å². The number of hydrogen-bond donors (Lipinski definition) is 2. The molecule has 0 spiro atoms. The van der Waals surface area contributed by atoms with Crippen LogP contribution in [0.15, 0.2) is 46.9 Å². The van der Waals surface area contributed by atoms with Crippen molar-refractivity contribution in [2.45, 2.75) is 25.8 Å². The number of rotatable bonds is 10. The minimum Gasteiger partial charge on any atom is -0.493 e. The number of halogens is 1. The molecule has 0 atom stereocenters. The predicted octanol–water partition coefficient (Wildman–Crippen LogP) is 3.22. The van der Waals surface area contributed by atoms with Crippen molar-refractivity contribution < 1.29 is 19.1 Å². The number of benzene rings is 2. The summed E-state index contributed by atoms with van der Waals surface area (Å²) >= 11 is 3.40. The Hall–Kier alpha value is -2.54. The molecule has 2 amide bonds. The van der Waals surface area contributed by atoms with Gasteiger partial charge >= 0.3 is 0 Å². The molecule has 0 saturated carbocycles. The first-order valence-electron chi connectivity index (χ1n) is 9.00. The van der Waals surface area contributed by atoms with Crippen molar-refractivity contribution in [2.75, 3.05) is 20.8 Å². The second-order valence-electron chi connectivity index (χ2n) is 6.20. The number of methoxy groups -OCH3 is 2. The van der Waals surface area contributed by atoms with E-state index in [1.165, 1.54) is 0 Å². The topological polar surface area (TPSA) is 76.7 Å². The molecule has 2 aromatic carbocycles. The van der Waals surface area contributed by atoms with Crippen LogP contribution in [-0.2, 0) is 22.6 Å². The van der Waals surface area contributed by atoms with Gasteiger partial charge in [-0.15, -0.1) is 0 Å². The second kappa shape index (κ2) is 11.3. The highest BCUT2D eigenvalue weighted by atomic mass is 79.9. The molecule has 7 heteroatoms. The Morgan fingerprint density at radius 1 is 0.893 bits per heavy atom. The van der Waals surface area contributed by atoms with Crippen molar-refractivity contribution in [3.05, 3.63) is 58.1 Å². The monoisotopic (exact) mass is 448 g/mol. The fourth-order valence-corrected chi connectivity index (χ4v) is 3.08. The van der Waals surface area contributed by atoms with E-state index in [2.05, 4.69) is 26.6 Å². The molecule has 0 aliphatic rings. The van der Waals surface area contributed by atoms with Crippen molar-refractivity contribution in [3.8, 4) is 11.5 Å². The number of hydrogen-bond acceptors (Lipinski definition) is 4. The summed E-state index contributed by atoms with van der Waals surface area (Å²) in [5.41, 5.74) is 2.03. The zero-order valence-electron chi connectivity index (χ0n) is 16.1. The highest BCUT2D eigenvalue weighted by molar-refractivity contribution is 9.10. The molecule has 150 valence electrons. The third-order valence-corrected chi connectivity index (χ3v) is 4.63. The Balaban J connectivity index is 1.66. The zero-order chi connectivity index (χ0) is 20.4. The molecular weight excluding hydrogens is 424 g/mol. The van der Waals surface area contributed by atoms with Gasteiger partial charge in [-0.25, -0.2) is 0 Å². The normalized spacial score (nSPS) is 10.2. The highest BCUT2D eigenvalue weighted by Crippen LogP contribution is 2.27. The van der Waals surface area contributed by atoms with Gasteiger partial charge in [-0.2, -0.15) is 0 Å². The Bertz CT molecular complexity index is 811. The van der Waals surface area contributed by atoms with Gasteiger partial charge in [-0.05, 0) is 41.8 Å². The summed E-state index contributed by atoms with van der Waals surface area (Å²) in [7, 11) is 3.18. The average molecular weight is 449 g/mol. The van der Waals surface area contributed by atoms with Crippen molar-refractivity contribution in [1.29, 1.82) is 0 Å². The maximum absolute atomic E-state index is 11.9. The fourth-order valence-electron chi connectivity index (χ4n) is 2.63. The molecule has 0 heterocycles. The maximum Gasteiger partial charge on any atom is 0.220 e. The van der Waals surface area contributed by atoms with E-state index >= 15 is 0 Å². The van der Waals surface area contributed by atoms with Crippen LogP contribution in [0.5, 0.6) is 11.5 Å². The summed E-state index contributed by atoms with van der Waals surface area (Å²) in [5.74, 6) is 1.05. The molecule has 0 aliphatic carbocycles. The lowest BCUT2D eigenvalue weighted by Gasteiger charge is -2.10. The zero-order valence-corrected chi connectivity index (χ0v) is 17.7. The van der Waals surface area contributed by atoms with Gasteiger partial charge in [0.25, 0.3) is 0 Å². The molecule has 0 fully saturated rings. The first kappa shape index (κ1) is 21.8. The molecule has 2 rings (SSSR count). The molecule has 0 aromatic heterocycles. The van der Waals surface area contributed by atoms with Gasteiger partial charge in [0.1, 0.15) is 0 Å². The number of nitrogens with one attached hydrogen (secondary N) is 2. The lowest BCUT2D eigenvalue weighted by atomic mass is 10.1. The molecule has 2 aromatic rings. The number of ether oxygens (including phenoxy) is 2. The Morgan fingerprint density at radius 3 is 2.29 bits per heavy atom. The highest BCUT2D eigenvalue weighted by Gasteiger charge is 2.08. The third kappa shape index (κ3) is 7.23. The van der Waals surface area contributed by atoms with Crippen LogP contribution in [-0.4, -0.2) is 32.6 Å². The van der Waals surface area contributed by atoms with E-state index in [1.54, 1.807) is 14.2 Å². The Morgan fingerprint density at radius 2 is 1.61 bits per heavy atom. The number of carbonyl (C=O) groups is 2. The van der Waals surface area contributed by atoms with E-state index in [1.807, 2.05) is 42.5 Å². The number of amides is 2. The van der Waals surface area contributed by atoms with Crippen LogP contribution in [0.2, 0.25) is 0 Å². The first-order valence-corrected chi connectivity index (χ1v) is 9.80. The summed E-state index contributed by atoms with van der Waals surface area (Å²) in [6, 6.07) is 13.4. The Labute approximate surface area is 173 Å². The van der Waals surface area contributed by atoms with Crippen LogP contribution < -0.4 is 20.1 Å². The van der Waals surface area contributed by atoms with E-state index in [-0.39, 0.29) is 24.7 Å². The third-order valence-electron chi connectivity index (χ3n) is 4.14. The SMILES string of the molecule is COc1ccc(CCNC(=O)CCC(=O)NCc2cccc(Br)c2)cc1OC. The summed E-state index contributed by atoms with van der Waals surface area (Å²) in [5, 5.41) is 5.66. The van der Waals surface area contributed by atoms with Crippen molar-refractivity contribution in [1.82, 2.24) is 10.6 Å². The van der Waals surface area contributed by atoms with Gasteiger partial charge in [-0.3, -0.25) is 9.59 Å². The van der Waals surface area contributed by atoms with E-state index in [4.69, 9.17) is 9.47 Å². The second-order valence-corrected chi connectivity index (χ2v) is 7.11. The lowest BCUT2D eigenvalue weighted by molar-refractivity contribution is -0.126. The summed E-state index contributed by atoms with van der Waals surface area (Å²) in [4.78, 5) is 23.8. The molecule has 28 heavy (non-hydrogen) atoms. The molecule has 6 nitrogen and oxygen atoms in total. The van der Waals surface area contributed by atoms with Gasteiger partial charge in [-0.1, -0.05) is 34.1 Å². The van der Waals surface area contributed by atoms with Gasteiger partial charge in [0, 0.05) is 30.4 Å². The molecule has 0 unspecified atom stereocenters. The largest absolute Gasteiger partial charge is 0.493 e. The molecule has 0 saturated heterocycles. The molecule has 2 N–H and O–H groups in total. The quantitative estimate of drug-likeness (QED) is 0.584. The van der Waals surface area contributed by atoms with Gasteiger partial charge in [0.05, 0.1) is 14.2 Å². The minimum atomic E-state index is -0.144. The maximum atomic E-state index is 11.9. The van der Waals surface area contributed by atoms with Gasteiger partial charge in [0.15, 0.2) is 11.5 Å². The van der Waals surface area contributed by atoms with Crippen molar-refractivity contribution in [3.63, 3.8) is 0 Å². The van der Waals surface area contributed by atoms with Crippen molar-refractivity contribution >= 4 is 27.7 Å². The molecule has 0 bridgehead atoms. The predicted molar refractivity (Wildman–Crippen MR) is 111 cm³/mol. The van der Waals surface area contributed by atoms with Crippen LogP contribution in [0.4, 0.5) is 0 Å². The summed E-state index contributed by atoms with van der Waals surface area (Å²) in [6.45, 7) is 0.938. The van der Waals surface area contributed by atoms with Crippen LogP contribution in [0.25, 0.3) is 0 Å². The Kier molecular flexibility index (Phi) is 8.81. The van der Waals surface area contributed by atoms with E-state index < -0.39 is 0 Å². The van der Waals surface area contributed by atoms with E-state index in [0.717, 1.165) is 15.6 Å². The smallest absolute Gasteiger partial charge is 0.220 e. The average Bonchev–Trinajstić information content (AvgIpc) is 2.70. The number of carbonyl (C=O) groups excluding carboxylic acids is 2. The van der Waals surface area contributed by atoms with Crippen LogP contribution >= 0.6 is 15.9 Å². The van der Waals surface area contributed by atoms with Gasteiger partial charge < -0.3 is 20.1 Å². The summed E-state index contributed by atoms with van der Waals surface area (Å²) < 4.78 is 11.4. The lowest BCUT2D eigenvalue weighted by Crippen LogP contribution is -2.28. The van der Waals surface area contributed by atoms with E-state index in [0.29, 0.717) is 31.0 Å². The molecular formula is C21H25BrN2O4. The first-order chi connectivity index (χ1) is 13.5. The minimum absolute atomic E-state index is 0.141. The molecule has 0 aliphatic heterocycles. The van der Waals surface area contributed by atoms with Gasteiger partial charge in [0.2, 0.25) is 11.8 Å². The standard InChI is InChI=1S/C21H25BrN2O4/c1-27-18-7-6-15(13-19(18)28-2)10-11-23-20(25)8-9-21(26)24-14-16-4-3-5-17(22)12-16/h3-7,12-13H,8-11,14H2,1-2H3,(H,23,25)(H,24,26).